The summed E-state index contributed by atoms with van der Waals surface area (Å²) in [7, 11) is 0. The van der Waals surface area contributed by atoms with Gasteiger partial charge in [0, 0.05) is 18.9 Å². The molecule has 15 heavy (non-hydrogen) atoms. The Hall–Kier alpha value is -0.720. The van der Waals surface area contributed by atoms with Crippen LogP contribution in [0.2, 0.25) is 0 Å². The molecule has 1 aromatic heterocycles. The maximum absolute atomic E-state index is 2.32. The molecule has 1 rings (SSSR count). The molecule has 0 fully saturated rings. The lowest BCUT2D eigenvalue weighted by Crippen LogP contribution is -2.08. The molecule has 1 heteroatoms. The maximum atomic E-state index is 2.32. The number of nitrogens with zero attached hydrogens (tertiary/aromatic N) is 1. The molecule has 0 saturated heterocycles. The van der Waals surface area contributed by atoms with Gasteiger partial charge in [-0.15, -0.1) is 0 Å². The minimum atomic E-state index is 0.858. The second-order valence-corrected chi connectivity index (χ2v) is 3.95. The van der Waals surface area contributed by atoms with E-state index in [9.17, 15) is 0 Å². The largest absolute Gasteiger partial charge is 0.354 e. The van der Waals surface area contributed by atoms with Crippen LogP contribution in [0.3, 0.4) is 0 Å². The minimum absolute atomic E-state index is 0.858. The van der Waals surface area contributed by atoms with E-state index in [-0.39, 0.29) is 0 Å². The topological polar surface area (TPSA) is 4.93 Å². The predicted octanol–water partition coefficient (Wildman–Crippen LogP) is 4.65. The molecule has 0 aliphatic rings. The van der Waals surface area contributed by atoms with Crippen LogP contribution in [-0.4, -0.2) is 4.57 Å². The molecule has 1 aromatic rings. The van der Waals surface area contributed by atoms with E-state index in [2.05, 4.69) is 43.8 Å². The fourth-order valence-corrected chi connectivity index (χ4v) is 1.81. The van der Waals surface area contributed by atoms with Gasteiger partial charge in [0.05, 0.1) is 0 Å². The van der Waals surface area contributed by atoms with E-state index in [4.69, 9.17) is 0 Å². The average Bonchev–Trinajstić information content (AvgIpc) is 2.66. The van der Waals surface area contributed by atoms with E-state index < -0.39 is 0 Å². The van der Waals surface area contributed by atoms with Gasteiger partial charge in [0.15, 0.2) is 0 Å². The highest BCUT2D eigenvalue weighted by molar-refractivity contribution is 5.06. The Morgan fingerprint density at radius 1 is 1.27 bits per heavy atom. The fraction of sp³-hybridized carbons (Fsp3) is 0.714. The van der Waals surface area contributed by atoms with Gasteiger partial charge >= 0.3 is 0 Å². The zero-order valence-electron chi connectivity index (χ0n) is 11.1. The van der Waals surface area contributed by atoms with Gasteiger partial charge < -0.3 is 4.57 Å². The van der Waals surface area contributed by atoms with Crippen molar-refractivity contribution in [3.8, 4) is 0 Å². The van der Waals surface area contributed by atoms with Crippen LogP contribution < -0.4 is 0 Å². The molecule has 88 valence electrons. The number of aromatic nitrogens is 1. The number of aryl methyl sites for hydroxylation is 1. The van der Waals surface area contributed by atoms with E-state index >= 15 is 0 Å². The molecule has 1 nitrogen and oxygen atoms in total. The summed E-state index contributed by atoms with van der Waals surface area (Å²) >= 11 is 0. The number of hydrogen-bond acceptors (Lipinski definition) is 0. The van der Waals surface area contributed by atoms with Crippen molar-refractivity contribution in [3.05, 3.63) is 24.0 Å². The molecule has 0 radical (unpaired) electrons. The van der Waals surface area contributed by atoms with Crippen molar-refractivity contribution in [2.24, 2.45) is 5.92 Å². The highest BCUT2D eigenvalue weighted by Crippen LogP contribution is 2.14. The molecular weight excluding hydrogens is 182 g/mol. The van der Waals surface area contributed by atoms with E-state index in [1.165, 1.54) is 31.4 Å². The predicted molar refractivity (Wildman–Crippen MR) is 69.2 cm³/mol. The molecule has 1 heterocycles. The first-order valence-electron chi connectivity index (χ1n) is 6.38. The summed E-state index contributed by atoms with van der Waals surface area (Å²) in [5, 5.41) is 0. The van der Waals surface area contributed by atoms with Gasteiger partial charge in [-0.1, -0.05) is 40.5 Å². The second kappa shape index (κ2) is 8.58. The van der Waals surface area contributed by atoms with Crippen molar-refractivity contribution in [3.63, 3.8) is 0 Å². The Bertz CT molecular complexity index is 237. The van der Waals surface area contributed by atoms with Crippen molar-refractivity contribution >= 4 is 0 Å². The smallest absolute Gasteiger partial charge is 0.0247 e. The molecule has 0 bridgehead atoms. The van der Waals surface area contributed by atoms with E-state index in [0.29, 0.717) is 0 Å². The second-order valence-electron chi connectivity index (χ2n) is 3.95. The summed E-state index contributed by atoms with van der Waals surface area (Å²) in [4.78, 5) is 0. The Morgan fingerprint density at radius 2 is 1.93 bits per heavy atom. The van der Waals surface area contributed by atoms with Gasteiger partial charge in [0.1, 0.15) is 0 Å². The normalized spacial score (nSPS) is 11.8. The van der Waals surface area contributed by atoms with Crippen LogP contribution in [0, 0.1) is 12.8 Å². The first-order valence-corrected chi connectivity index (χ1v) is 6.38. The monoisotopic (exact) mass is 209 g/mol. The molecule has 0 aromatic carbocycles. The van der Waals surface area contributed by atoms with Gasteiger partial charge in [-0.2, -0.15) is 0 Å². The lowest BCUT2D eigenvalue weighted by atomic mass is 10.0. The van der Waals surface area contributed by atoms with Crippen molar-refractivity contribution in [1.82, 2.24) is 4.57 Å². The third-order valence-corrected chi connectivity index (χ3v) is 2.64. The third kappa shape index (κ3) is 5.66. The summed E-state index contributed by atoms with van der Waals surface area (Å²) in [5.74, 6) is 0.858. The first-order chi connectivity index (χ1) is 7.26. The van der Waals surface area contributed by atoms with E-state index in [1.807, 2.05) is 13.8 Å². The number of hydrogen-bond donors (Lipinski definition) is 0. The van der Waals surface area contributed by atoms with E-state index in [1.54, 1.807) is 0 Å². The Kier molecular flexibility index (Phi) is 8.17. The highest BCUT2D eigenvalue weighted by atomic mass is 14.9. The summed E-state index contributed by atoms with van der Waals surface area (Å²) in [6, 6.07) is 2.18. The molecule has 0 aliphatic heterocycles. The van der Waals surface area contributed by atoms with Crippen LogP contribution in [0.5, 0.6) is 0 Å². The number of rotatable bonds is 5. The van der Waals surface area contributed by atoms with E-state index in [0.717, 1.165) is 5.92 Å². The van der Waals surface area contributed by atoms with Gasteiger partial charge in [-0.05, 0) is 30.9 Å². The molecular formula is C14H27N. The molecule has 1 atom stereocenters. The van der Waals surface area contributed by atoms with Gasteiger partial charge in [0.2, 0.25) is 0 Å². The van der Waals surface area contributed by atoms with Crippen LogP contribution in [0.1, 0.15) is 52.5 Å². The van der Waals surface area contributed by atoms with Crippen LogP contribution in [-0.2, 0) is 6.54 Å². The molecule has 0 spiro atoms. The van der Waals surface area contributed by atoms with Crippen LogP contribution in [0.4, 0.5) is 0 Å². The van der Waals surface area contributed by atoms with Crippen molar-refractivity contribution in [2.45, 2.75) is 60.4 Å². The molecule has 0 aliphatic carbocycles. The van der Waals surface area contributed by atoms with Crippen LogP contribution in [0.15, 0.2) is 18.5 Å². The summed E-state index contributed by atoms with van der Waals surface area (Å²) < 4.78 is 2.32. The Morgan fingerprint density at radius 3 is 2.33 bits per heavy atom. The Balaban J connectivity index is 0.000000921. The van der Waals surface area contributed by atoms with Crippen LogP contribution in [0.25, 0.3) is 0 Å². The first kappa shape index (κ1) is 14.3. The van der Waals surface area contributed by atoms with Crippen molar-refractivity contribution < 1.29 is 0 Å². The molecule has 0 saturated carbocycles. The standard InChI is InChI=1S/C12H21N.C2H6/c1-4-6-12(5-2)10-13-8-7-11(3)9-13;1-2/h7-9,12H,4-6,10H2,1-3H3;1-2H3. The van der Waals surface area contributed by atoms with Gasteiger partial charge in [-0.25, -0.2) is 0 Å². The molecule has 0 N–H and O–H groups in total. The van der Waals surface area contributed by atoms with Crippen molar-refractivity contribution in [2.75, 3.05) is 0 Å². The molecule has 1 unspecified atom stereocenters. The zero-order chi connectivity index (χ0) is 11.7. The van der Waals surface area contributed by atoms with Gasteiger partial charge in [0.25, 0.3) is 0 Å². The lowest BCUT2D eigenvalue weighted by molar-refractivity contribution is 0.399. The SMILES string of the molecule is CC.CCCC(CC)Cn1ccc(C)c1. The minimum Gasteiger partial charge on any atom is -0.354 e. The van der Waals surface area contributed by atoms with Gasteiger partial charge in [-0.3, -0.25) is 0 Å². The fourth-order valence-electron chi connectivity index (χ4n) is 1.81. The summed E-state index contributed by atoms with van der Waals surface area (Å²) in [6.45, 7) is 11.9. The summed E-state index contributed by atoms with van der Waals surface area (Å²) in [6.07, 6.45) is 8.38. The van der Waals surface area contributed by atoms with Crippen LogP contribution >= 0.6 is 0 Å². The lowest BCUT2D eigenvalue weighted by Gasteiger charge is -2.14. The zero-order valence-corrected chi connectivity index (χ0v) is 11.1. The Labute approximate surface area is 95.5 Å². The highest BCUT2D eigenvalue weighted by Gasteiger charge is 2.05. The quantitative estimate of drug-likeness (QED) is 0.665. The average molecular weight is 209 g/mol. The van der Waals surface area contributed by atoms with Crippen molar-refractivity contribution in [1.29, 1.82) is 0 Å². The summed E-state index contributed by atoms with van der Waals surface area (Å²) in [5.41, 5.74) is 1.37. The third-order valence-electron chi connectivity index (χ3n) is 2.64. The molecule has 0 amide bonds. The maximum Gasteiger partial charge on any atom is 0.0247 e.